The van der Waals surface area contributed by atoms with Crippen LogP contribution >= 0.6 is 11.6 Å². The Hall–Kier alpha value is -2.79. The number of benzene rings is 2. The van der Waals surface area contributed by atoms with Crippen LogP contribution < -0.4 is 11.1 Å². The van der Waals surface area contributed by atoms with E-state index in [0.717, 1.165) is 12.3 Å². The summed E-state index contributed by atoms with van der Waals surface area (Å²) in [5.74, 6) is -0.0285. The third-order valence-electron chi connectivity index (χ3n) is 3.73. The van der Waals surface area contributed by atoms with E-state index in [2.05, 4.69) is 20.5 Å². The summed E-state index contributed by atoms with van der Waals surface area (Å²) in [5, 5.41) is 8.45. The molecule has 0 amide bonds. The molecule has 3 aromatic rings. The monoisotopic (exact) mass is 431 g/mol. The Bertz CT molecular complexity index is 1130. The van der Waals surface area contributed by atoms with Crippen LogP contribution in [0.15, 0.2) is 41.3 Å². The molecule has 4 N–H and O–H groups in total. The molecule has 0 aliphatic rings. The first-order valence-corrected chi connectivity index (χ1v) is 9.88. The predicted octanol–water partition coefficient (Wildman–Crippen LogP) is 3.87. The van der Waals surface area contributed by atoms with Crippen LogP contribution in [0.4, 0.5) is 30.8 Å². The van der Waals surface area contributed by atoms with Gasteiger partial charge in [-0.05, 0) is 29.8 Å². The van der Waals surface area contributed by atoms with Gasteiger partial charge in [-0.3, -0.25) is 0 Å². The zero-order valence-corrected chi connectivity index (χ0v) is 15.7. The Kier molecular flexibility index (Phi) is 4.98. The zero-order chi connectivity index (χ0) is 20.7. The summed E-state index contributed by atoms with van der Waals surface area (Å²) in [6.45, 7) is 0. The highest BCUT2D eigenvalue weighted by atomic mass is 35.5. The van der Waals surface area contributed by atoms with Gasteiger partial charge in [-0.15, -0.1) is 5.10 Å². The fraction of sp³-hybridized carbons (Fsp3) is 0.125. The van der Waals surface area contributed by atoms with E-state index in [1.165, 1.54) is 30.3 Å². The van der Waals surface area contributed by atoms with Gasteiger partial charge >= 0.3 is 6.18 Å². The van der Waals surface area contributed by atoms with Crippen LogP contribution in [0.25, 0.3) is 11.1 Å². The number of rotatable bonds is 4. The number of anilines is 3. The van der Waals surface area contributed by atoms with Crippen molar-refractivity contribution in [3.8, 4) is 11.1 Å². The van der Waals surface area contributed by atoms with Gasteiger partial charge in [0.25, 0.3) is 0 Å². The molecule has 2 aromatic carbocycles. The maximum Gasteiger partial charge on any atom is 0.417 e. The van der Waals surface area contributed by atoms with Gasteiger partial charge in [-0.25, -0.2) is 13.5 Å². The number of hydrogen-bond donors (Lipinski definition) is 3. The maximum absolute atomic E-state index is 13.7. The number of sulfone groups is 1. The molecule has 0 aliphatic carbocycles. The van der Waals surface area contributed by atoms with Crippen LogP contribution in [0.5, 0.6) is 0 Å². The van der Waals surface area contributed by atoms with Crippen molar-refractivity contribution in [2.24, 2.45) is 0 Å². The minimum atomic E-state index is -4.72. The summed E-state index contributed by atoms with van der Waals surface area (Å²) in [5.41, 5.74) is 4.25. The van der Waals surface area contributed by atoms with Crippen LogP contribution in [0, 0.1) is 0 Å². The van der Waals surface area contributed by atoms with Crippen LogP contribution in [-0.2, 0) is 16.0 Å². The van der Waals surface area contributed by atoms with E-state index in [-0.39, 0.29) is 38.6 Å². The van der Waals surface area contributed by atoms with Gasteiger partial charge in [-0.2, -0.15) is 18.2 Å². The summed E-state index contributed by atoms with van der Waals surface area (Å²) in [7, 11) is -3.48. The lowest BCUT2D eigenvalue weighted by Crippen LogP contribution is -2.09. The smallest absolute Gasteiger partial charge is 0.368 e. The number of nitrogens with one attached hydrogen (secondary N) is 2. The number of hydrogen-bond acceptors (Lipinski definition) is 6. The molecule has 28 heavy (non-hydrogen) atoms. The van der Waals surface area contributed by atoms with E-state index < -0.39 is 21.6 Å². The molecule has 0 fully saturated rings. The normalized spacial score (nSPS) is 12.2. The molecule has 0 aliphatic heterocycles. The van der Waals surface area contributed by atoms with E-state index in [0.29, 0.717) is 0 Å². The molecule has 0 spiro atoms. The Morgan fingerprint density at radius 2 is 1.82 bits per heavy atom. The van der Waals surface area contributed by atoms with Crippen molar-refractivity contribution in [2.75, 3.05) is 17.3 Å². The van der Waals surface area contributed by atoms with E-state index in [9.17, 15) is 21.6 Å². The first-order chi connectivity index (χ1) is 12.9. The highest BCUT2D eigenvalue weighted by Crippen LogP contribution is 2.43. The van der Waals surface area contributed by atoms with Crippen molar-refractivity contribution < 1.29 is 21.6 Å². The Morgan fingerprint density at radius 1 is 1.18 bits per heavy atom. The fourth-order valence-electron chi connectivity index (χ4n) is 2.52. The number of aromatic nitrogens is 3. The van der Waals surface area contributed by atoms with E-state index in [4.69, 9.17) is 17.3 Å². The van der Waals surface area contributed by atoms with Crippen LogP contribution in [0.3, 0.4) is 0 Å². The molecule has 0 saturated heterocycles. The number of aromatic amines is 1. The topological polar surface area (TPSA) is 114 Å². The maximum atomic E-state index is 13.7. The molecule has 12 heteroatoms. The molecule has 0 atom stereocenters. The second-order valence-corrected chi connectivity index (χ2v) is 8.27. The van der Waals surface area contributed by atoms with Crippen molar-refractivity contribution in [1.29, 1.82) is 0 Å². The molecule has 0 bridgehead atoms. The quantitative estimate of drug-likeness (QED) is 0.577. The molecule has 1 aromatic heterocycles. The minimum Gasteiger partial charge on any atom is -0.368 e. The number of halogens is 4. The zero-order valence-electron chi connectivity index (χ0n) is 14.2. The lowest BCUT2D eigenvalue weighted by atomic mass is 9.98. The minimum absolute atomic E-state index is 0.00720. The standard InChI is InChI=1S/C16H13ClF3N5O2S/c1-28(26,27)10-4-2-8(3-5-10)13-11(16(18,19)20)6-9(7-12(13)17)22-15-23-14(21)24-25-15/h2-7H,1H3,(H4,21,22,23,24,25). The Labute approximate surface area is 162 Å². The number of alkyl halides is 3. The molecule has 0 unspecified atom stereocenters. The van der Waals surface area contributed by atoms with Gasteiger partial charge in [0.05, 0.1) is 15.5 Å². The lowest BCUT2D eigenvalue weighted by molar-refractivity contribution is -0.137. The second kappa shape index (κ2) is 6.99. The molecule has 148 valence electrons. The number of H-pyrrole nitrogens is 1. The second-order valence-electron chi connectivity index (χ2n) is 5.84. The Morgan fingerprint density at radius 3 is 2.32 bits per heavy atom. The van der Waals surface area contributed by atoms with Gasteiger partial charge in [0.15, 0.2) is 9.84 Å². The number of nitrogen functional groups attached to an aromatic ring is 1. The number of nitrogens with zero attached hydrogens (tertiary/aromatic N) is 2. The summed E-state index contributed by atoms with van der Waals surface area (Å²) < 4.78 is 64.1. The van der Waals surface area contributed by atoms with Gasteiger partial charge in [0.2, 0.25) is 11.9 Å². The van der Waals surface area contributed by atoms with Crippen molar-refractivity contribution in [3.63, 3.8) is 0 Å². The SMILES string of the molecule is CS(=O)(=O)c1ccc(-c2c(Cl)cc(Nc3n[nH]c(N)n3)cc2C(F)(F)F)cc1. The van der Waals surface area contributed by atoms with Gasteiger partial charge in [0.1, 0.15) is 0 Å². The summed E-state index contributed by atoms with van der Waals surface area (Å²) in [6, 6.07) is 7.14. The van der Waals surface area contributed by atoms with Crippen LogP contribution in [-0.4, -0.2) is 29.9 Å². The molecule has 1 heterocycles. The molecular weight excluding hydrogens is 419 g/mol. The average molecular weight is 432 g/mol. The highest BCUT2D eigenvalue weighted by Gasteiger charge is 2.35. The lowest BCUT2D eigenvalue weighted by Gasteiger charge is -2.17. The fourth-order valence-corrected chi connectivity index (χ4v) is 3.48. The van der Waals surface area contributed by atoms with Crippen molar-refractivity contribution >= 4 is 39.0 Å². The number of nitrogens with two attached hydrogens (primary N) is 1. The van der Waals surface area contributed by atoms with Crippen LogP contribution in [0.1, 0.15) is 5.56 Å². The Balaban J connectivity index is 2.10. The van der Waals surface area contributed by atoms with E-state index >= 15 is 0 Å². The summed E-state index contributed by atoms with van der Waals surface area (Å²) >= 11 is 6.14. The predicted molar refractivity (Wildman–Crippen MR) is 99.1 cm³/mol. The van der Waals surface area contributed by atoms with Crippen LogP contribution in [0.2, 0.25) is 5.02 Å². The molecular formula is C16H13ClF3N5O2S. The van der Waals surface area contributed by atoms with E-state index in [1.807, 2.05) is 0 Å². The van der Waals surface area contributed by atoms with Crippen molar-refractivity contribution in [1.82, 2.24) is 15.2 Å². The van der Waals surface area contributed by atoms with Gasteiger partial charge in [0, 0.05) is 17.5 Å². The molecule has 0 radical (unpaired) electrons. The first kappa shape index (κ1) is 20.0. The van der Waals surface area contributed by atoms with Gasteiger partial charge in [-0.1, -0.05) is 23.7 Å². The van der Waals surface area contributed by atoms with Gasteiger partial charge < -0.3 is 11.1 Å². The first-order valence-electron chi connectivity index (χ1n) is 7.61. The van der Waals surface area contributed by atoms with E-state index in [1.54, 1.807) is 0 Å². The molecule has 0 saturated carbocycles. The summed E-state index contributed by atoms with van der Waals surface area (Å²) in [4.78, 5) is 3.75. The summed E-state index contributed by atoms with van der Waals surface area (Å²) in [6.07, 6.45) is -3.71. The largest absolute Gasteiger partial charge is 0.417 e. The molecule has 3 rings (SSSR count). The third-order valence-corrected chi connectivity index (χ3v) is 5.15. The molecule has 7 nitrogen and oxygen atoms in total. The third kappa shape index (κ3) is 4.20. The average Bonchev–Trinajstić information content (AvgIpc) is 2.98. The van der Waals surface area contributed by atoms with Crippen molar-refractivity contribution in [3.05, 3.63) is 47.0 Å². The van der Waals surface area contributed by atoms with Crippen molar-refractivity contribution in [2.45, 2.75) is 11.1 Å². The highest BCUT2D eigenvalue weighted by molar-refractivity contribution is 7.90.